The lowest BCUT2D eigenvalue weighted by molar-refractivity contribution is 0.359. The predicted molar refractivity (Wildman–Crippen MR) is 88.7 cm³/mol. The number of allylic oxidation sites excluding steroid dienone is 3. The van der Waals surface area contributed by atoms with Gasteiger partial charge in [-0.25, -0.2) is 0 Å². The number of benzene rings is 1. The molecule has 0 saturated heterocycles. The van der Waals surface area contributed by atoms with Crippen molar-refractivity contribution in [2.75, 3.05) is 6.61 Å². The average molecular weight is 290 g/mol. The van der Waals surface area contributed by atoms with Gasteiger partial charge in [-0.1, -0.05) is 29.4 Å². The molecule has 0 heterocycles. The lowest BCUT2D eigenvalue weighted by Crippen LogP contribution is -2.02. The molecule has 0 amide bonds. The maximum absolute atomic E-state index is 9.41. The fraction of sp³-hybridized carbons (Fsp3) is 0.353. The summed E-state index contributed by atoms with van der Waals surface area (Å²) in [5, 5.41) is 9.28. The molecule has 1 N–H and O–H groups in total. The fourth-order valence-electron chi connectivity index (χ4n) is 1.73. The van der Waals surface area contributed by atoms with Crippen LogP contribution in [0.15, 0.2) is 47.6 Å². The van der Waals surface area contributed by atoms with Crippen LogP contribution in [0.3, 0.4) is 0 Å². The van der Waals surface area contributed by atoms with Gasteiger partial charge in [0.25, 0.3) is 0 Å². The smallest absolute Gasteiger partial charge is 0.192 e. The van der Waals surface area contributed by atoms with E-state index in [0.29, 0.717) is 17.9 Å². The summed E-state index contributed by atoms with van der Waals surface area (Å²) in [5.74, 6) is 0.619. The highest BCUT2D eigenvalue weighted by Crippen LogP contribution is 2.18. The summed E-state index contributed by atoms with van der Waals surface area (Å²) in [5.41, 5.74) is 3.21. The topological polar surface area (TPSA) is 29.5 Å². The Hall–Kier alpha value is -1.61. The van der Waals surface area contributed by atoms with Gasteiger partial charge < -0.3 is 9.84 Å². The number of hydrogen-bond acceptors (Lipinski definition) is 2. The molecule has 0 aliphatic heterocycles. The normalized spacial score (nSPS) is 11.1. The second-order valence-electron chi connectivity index (χ2n) is 4.98. The lowest BCUT2D eigenvalue weighted by atomic mass is 10.1. The number of hydrogen-bond donors (Lipinski definition) is 1. The molecular formula is C17H22O2S. The minimum atomic E-state index is -0.134. The summed E-state index contributed by atoms with van der Waals surface area (Å²) < 4.78 is 5.66. The number of para-hydroxylation sites is 1. The van der Waals surface area contributed by atoms with Crippen LogP contribution in [-0.2, 0) is 0 Å². The van der Waals surface area contributed by atoms with Crippen LogP contribution in [0.4, 0.5) is 0 Å². The largest absolute Gasteiger partial charge is 0.498 e. The van der Waals surface area contributed by atoms with Crippen molar-refractivity contribution in [3.05, 3.63) is 53.1 Å². The molecule has 1 rings (SSSR count). The quantitative estimate of drug-likeness (QED) is 0.566. The Balaban J connectivity index is 2.51. The highest BCUT2D eigenvalue weighted by molar-refractivity contribution is 7.80. The molecule has 0 aromatic heterocycles. The first-order chi connectivity index (χ1) is 9.50. The van der Waals surface area contributed by atoms with Crippen molar-refractivity contribution in [2.45, 2.75) is 33.6 Å². The maximum Gasteiger partial charge on any atom is 0.192 e. The Bertz CT molecular complexity index is 511. The van der Waals surface area contributed by atoms with Gasteiger partial charge in [-0.15, -0.1) is 0 Å². The molecule has 0 unspecified atom stereocenters. The summed E-state index contributed by atoms with van der Waals surface area (Å²) in [4.78, 5) is 0. The Kier molecular flexibility index (Phi) is 7.02. The molecule has 20 heavy (non-hydrogen) atoms. The first kappa shape index (κ1) is 16.4. The first-order valence-electron chi connectivity index (χ1n) is 6.75. The van der Waals surface area contributed by atoms with Gasteiger partial charge in [0.2, 0.25) is 0 Å². The van der Waals surface area contributed by atoms with Crippen LogP contribution in [0.2, 0.25) is 0 Å². The third-order valence-electron chi connectivity index (χ3n) is 2.88. The maximum atomic E-state index is 9.41. The molecule has 3 heteroatoms. The number of thiocarbonyl (C=S) groups is 1. The van der Waals surface area contributed by atoms with Crippen LogP contribution in [0.5, 0.6) is 5.75 Å². The molecule has 0 radical (unpaired) electrons. The number of aliphatic hydroxyl groups excluding tert-OH is 1. The van der Waals surface area contributed by atoms with Crippen molar-refractivity contribution in [1.82, 2.24) is 0 Å². The number of aliphatic hydroxyl groups is 1. The van der Waals surface area contributed by atoms with Crippen LogP contribution >= 0.6 is 12.2 Å². The summed E-state index contributed by atoms with van der Waals surface area (Å²) in [6.07, 6.45) is 6.39. The average Bonchev–Trinajstić information content (AvgIpc) is 2.38. The summed E-state index contributed by atoms with van der Waals surface area (Å²) in [6.45, 7) is 6.80. The minimum Gasteiger partial charge on any atom is -0.498 e. The third kappa shape index (κ3) is 6.02. The monoisotopic (exact) mass is 290 g/mol. The molecule has 0 fully saturated rings. The minimum absolute atomic E-state index is 0.134. The van der Waals surface area contributed by atoms with Gasteiger partial charge in [0.1, 0.15) is 12.4 Å². The molecule has 0 aliphatic carbocycles. The number of rotatable bonds is 7. The highest BCUT2D eigenvalue weighted by Gasteiger charge is 2.05. The molecule has 1 aromatic rings. The van der Waals surface area contributed by atoms with Gasteiger partial charge >= 0.3 is 0 Å². The van der Waals surface area contributed by atoms with Gasteiger partial charge in [0, 0.05) is 0 Å². The SMILES string of the molecule is CC(C)=CCCC(C)=CCOc1ccccc1C(O)=S. The molecule has 108 valence electrons. The van der Waals surface area contributed by atoms with Gasteiger partial charge in [0.05, 0.1) is 5.56 Å². The van der Waals surface area contributed by atoms with E-state index in [0.717, 1.165) is 12.8 Å². The fourth-order valence-corrected chi connectivity index (χ4v) is 1.90. The van der Waals surface area contributed by atoms with Crippen molar-refractivity contribution in [3.8, 4) is 5.75 Å². The summed E-state index contributed by atoms with van der Waals surface area (Å²) >= 11 is 4.79. The van der Waals surface area contributed by atoms with E-state index in [9.17, 15) is 5.11 Å². The van der Waals surface area contributed by atoms with E-state index in [-0.39, 0.29) is 5.05 Å². The first-order valence-corrected chi connectivity index (χ1v) is 7.15. The molecule has 0 atom stereocenters. The van der Waals surface area contributed by atoms with E-state index >= 15 is 0 Å². The van der Waals surface area contributed by atoms with Crippen LogP contribution in [0.25, 0.3) is 0 Å². The van der Waals surface area contributed by atoms with E-state index in [1.165, 1.54) is 11.1 Å². The molecule has 0 bridgehead atoms. The molecule has 0 spiro atoms. The molecule has 2 nitrogen and oxygen atoms in total. The van der Waals surface area contributed by atoms with Crippen LogP contribution in [0.1, 0.15) is 39.2 Å². The highest BCUT2D eigenvalue weighted by atomic mass is 32.1. The van der Waals surface area contributed by atoms with Crippen molar-refractivity contribution >= 4 is 17.3 Å². The van der Waals surface area contributed by atoms with E-state index < -0.39 is 0 Å². The van der Waals surface area contributed by atoms with Crippen LogP contribution in [-0.4, -0.2) is 16.8 Å². The zero-order chi connectivity index (χ0) is 15.0. The summed E-state index contributed by atoms with van der Waals surface area (Å²) in [6, 6.07) is 7.25. The Labute approximate surface area is 126 Å². The zero-order valence-electron chi connectivity index (χ0n) is 12.3. The van der Waals surface area contributed by atoms with E-state index in [4.69, 9.17) is 17.0 Å². The predicted octanol–water partition coefficient (Wildman–Crippen LogP) is 4.99. The Morgan fingerprint density at radius 1 is 1.20 bits per heavy atom. The van der Waals surface area contributed by atoms with E-state index in [2.05, 4.69) is 32.9 Å². The van der Waals surface area contributed by atoms with Gasteiger partial charge in [-0.3, -0.25) is 0 Å². The Morgan fingerprint density at radius 3 is 2.55 bits per heavy atom. The van der Waals surface area contributed by atoms with Crippen LogP contribution in [0, 0.1) is 0 Å². The lowest BCUT2D eigenvalue weighted by Gasteiger charge is -2.08. The standard InChI is InChI=1S/C17H22O2S/c1-13(2)7-6-8-14(3)11-12-19-16-10-5-4-9-15(16)17(18)20/h4-5,7,9-11H,6,8,12H2,1-3H3,(H,18,20). The van der Waals surface area contributed by atoms with Gasteiger partial charge in [0.15, 0.2) is 5.05 Å². The van der Waals surface area contributed by atoms with Crippen molar-refractivity contribution in [1.29, 1.82) is 0 Å². The van der Waals surface area contributed by atoms with Gasteiger partial charge in [-0.05, 0) is 64.0 Å². The van der Waals surface area contributed by atoms with Crippen molar-refractivity contribution in [3.63, 3.8) is 0 Å². The number of ether oxygens (including phenoxy) is 1. The van der Waals surface area contributed by atoms with Crippen molar-refractivity contribution < 1.29 is 9.84 Å². The van der Waals surface area contributed by atoms with E-state index in [1.54, 1.807) is 6.07 Å². The van der Waals surface area contributed by atoms with Crippen LogP contribution < -0.4 is 4.74 Å². The third-order valence-corrected chi connectivity index (χ3v) is 3.10. The zero-order valence-corrected chi connectivity index (χ0v) is 13.2. The second kappa shape index (κ2) is 8.54. The Morgan fingerprint density at radius 2 is 1.90 bits per heavy atom. The van der Waals surface area contributed by atoms with Gasteiger partial charge in [-0.2, -0.15) is 0 Å². The molecular weight excluding hydrogens is 268 g/mol. The van der Waals surface area contributed by atoms with E-state index in [1.807, 2.05) is 18.2 Å². The molecule has 1 aromatic carbocycles. The second-order valence-corrected chi connectivity index (χ2v) is 5.37. The molecule has 0 saturated carbocycles. The molecule has 0 aliphatic rings. The van der Waals surface area contributed by atoms with Crippen molar-refractivity contribution in [2.24, 2.45) is 0 Å². The summed E-state index contributed by atoms with van der Waals surface area (Å²) in [7, 11) is 0.